The summed E-state index contributed by atoms with van der Waals surface area (Å²) >= 11 is 0. The minimum atomic E-state index is -1.09. The summed E-state index contributed by atoms with van der Waals surface area (Å²) in [5.41, 5.74) is 5.99. The fraction of sp³-hybridized carbons (Fsp3) is 0.265. The zero-order chi connectivity index (χ0) is 29.5. The van der Waals surface area contributed by atoms with E-state index in [-0.39, 0.29) is 22.6 Å². The number of hydrogen-bond donors (Lipinski definition) is 4. The molecule has 4 N–H and O–H groups in total. The van der Waals surface area contributed by atoms with Crippen LogP contribution in [0.15, 0.2) is 72.8 Å². The number of imidazole rings is 1. The third-order valence-corrected chi connectivity index (χ3v) is 7.34. The van der Waals surface area contributed by atoms with Crippen molar-refractivity contribution in [3.8, 4) is 28.3 Å². The van der Waals surface area contributed by atoms with Gasteiger partial charge in [0, 0.05) is 11.1 Å². The van der Waals surface area contributed by atoms with Crippen molar-refractivity contribution >= 4 is 33.7 Å². The summed E-state index contributed by atoms with van der Waals surface area (Å²) in [6.45, 7) is 10.4. The van der Waals surface area contributed by atoms with Crippen LogP contribution in [-0.4, -0.2) is 38.1 Å². The number of amides is 1. The second kappa shape index (κ2) is 10.7. The molecule has 0 aliphatic heterocycles. The van der Waals surface area contributed by atoms with Crippen molar-refractivity contribution in [3.05, 3.63) is 83.9 Å². The van der Waals surface area contributed by atoms with Crippen LogP contribution in [0.2, 0.25) is 0 Å². The van der Waals surface area contributed by atoms with E-state index in [2.05, 4.69) is 67.5 Å². The minimum absolute atomic E-state index is 0.0855. The molecule has 0 saturated heterocycles. The standard InChI is InChI=1S/C34H35N3O4/c1-19(2)15-27(33(40)41)36-32(39)24-17-22-11-14-26-30(29(22)28(38)18-24)37-31(35-26)23-8-6-7-21(16-23)20-9-12-25(13-10-20)34(3,4)5/h6-14,16-19,27,38H,15H2,1-5H3,(H,35,37)(H,36,39)(H,40,41)/t27-/m0/s1. The number of fused-ring (bicyclic) bond motifs is 3. The number of aromatic hydroxyl groups is 1. The monoisotopic (exact) mass is 549 g/mol. The van der Waals surface area contributed by atoms with Gasteiger partial charge in [0.25, 0.3) is 5.91 Å². The second-order valence-electron chi connectivity index (χ2n) is 12.0. The highest BCUT2D eigenvalue weighted by molar-refractivity contribution is 6.11. The Morgan fingerprint density at radius 2 is 1.63 bits per heavy atom. The average molecular weight is 550 g/mol. The smallest absolute Gasteiger partial charge is 0.326 e. The van der Waals surface area contributed by atoms with Gasteiger partial charge in [0.15, 0.2) is 0 Å². The Morgan fingerprint density at radius 1 is 0.927 bits per heavy atom. The Balaban J connectivity index is 1.48. The molecule has 0 saturated carbocycles. The van der Waals surface area contributed by atoms with Gasteiger partial charge < -0.3 is 20.5 Å². The lowest BCUT2D eigenvalue weighted by Gasteiger charge is -2.19. The number of H-pyrrole nitrogens is 1. The molecule has 1 aromatic heterocycles. The molecule has 41 heavy (non-hydrogen) atoms. The quantitative estimate of drug-likeness (QED) is 0.170. The fourth-order valence-electron chi connectivity index (χ4n) is 5.12. The molecule has 0 aliphatic rings. The van der Waals surface area contributed by atoms with Crippen LogP contribution in [0.25, 0.3) is 44.3 Å². The Kier molecular flexibility index (Phi) is 7.30. The van der Waals surface area contributed by atoms with Gasteiger partial charge in [0.2, 0.25) is 0 Å². The number of hydrogen-bond acceptors (Lipinski definition) is 4. The summed E-state index contributed by atoms with van der Waals surface area (Å²) in [6.07, 6.45) is 0.306. The zero-order valence-corrected chi connectivity index (χ0v) is 23.9. The van der Waals surface area contributed by atoms with Crippen LogP contribution in [0.3, 0.4) is 0 Å². The van der Waals surface area contributed by atoms with Gasteiger partial charge in [0.05, 0.1) is 10.9 Å². The fourth-order valence-corrected chi connectivity index (χ4v) is 5.12. The maximum absolute atomic E-state index is 12.9. The first-order valence-electron chi connectivity index (χ1n) is 13.8. The van der Waals surface area contributed by atoms with Crippen molar-refractivity contribution in [3.63, 3.8) is 0 Å². The zero-order valence-electron chi connectivity index (χ0n) is 23.9. The van der Waals surface area contributed by atoms with Gasteiger partial charge in [0.1, 0.15) is 23.1 Å². The van der Waals surface area contributed by atoms with Gasteiger partial charge >= 0.3 is 5.97 Å². The summed E-state index contributed by atoms with van der Waals surface area (Å²) in [4.78, 5) is 32.7. The molecule has 1 heterocycles. The molecule has 0 fully saturated rings. The molecule has 0 bridgehead atoms. The number of carbonyl (C=O) groups is 2. The molecule has 4 aromatic carbocycles. The van der Waals surface area contributed by atoms with E-state index in [0.29, 0.717) is 28.5 Å². The number of aromatic amines is 1. The number of benzene rings is 4. The van der Waals surface area contributed by atoms with E-state index in [1.165, 1.54) is 11.6 Å². The number of rotatable bonds is 7. The first-order valence-corrected chi connectivity index (χ1v) is 13.8. The topological polar surface area (TPSA) is 115 Å². The molecule has 5 aromatic rings. The molecule has 7 heteroatoms. The van der Waals surface area contributed by atoms with Crippen LogP contribution in [0.5, 0.6) is 5.75 Å². The average Bonchev–Trinajstić information content (AvgIpc) is 3.36. The lowest BCUT2D eigenvalue weighted by atomic mass is 9.86. The molecule has 1 atom stereocenters. The summed E-state index contributed by atoms with van der Waals surface area (Å²) in [7, 11) is 0. The molecule has 0 radical (unpaired) electrons. The van der Waals surface area contributed by atoms with Crippen molar-refractivity contribution in [2.24, 2.45) is 5.92 Å². The summed E-state index contributed by atoms with van der Waals surface area (Å²) < 4.78 is 0. The van der Waals surface area contributed by atoms with Crippen LogP contribution in [-0.2, 0) is 10.2 Å². The van der Waals surface area contributed by atoms with E-state index in [4.69, 9.17) is 4.98 Å². The molecule has 5 rings (SSSR count). The number of aliphatic carboxylic acids is 1. The highest BCUT2D eigenvalue weighted by atomic mass is 16.4. The molecule has 0 spiro atoms. The first-order chi connectivity index (χ1) is 19.4. The van der Waals surface area contributed by atoms with Crippen molar-refractivity contribution in [2.45, 2.75) is 52.5 Å². The van der Waals surface area contributed by atoms with Crippen LogP contribution >= 0.6 is 0 Å². The minimum Gasteiger partial charge on any atom is -0.507 e. The second-order valence-corrected chi connectivity index (χ2v) is 12.0. The van der Waals surface area contributed by atoms with Gasteiger partial charge in [-0.25, -0.2) is 9.78 Å². The SMILES string of the molecule is CC(C)C[C@H](NC(=O)c1cc(O)c2c(ccc3[nH]c(-c4cccc(-c5ccc(C(C)(C)C)cc5)c4)nc32)c1)C(=O)O. The maximum Gasteiger partial charge on any atom is 0.326 e. The summed E-state index contributed by atoms with van der Waals surface area (Å²) in [5, 5.41) is 24.2. The van der Waals surface area contributed by atoms with E-state index in [9.17, 15) is 19.8 Å². The first kappa shape index (κ1) is 27.9. The van der Waals surface area contributed by atoms with Crippen molar-refractivity contribution in [1.82, 2.24) is 15.3 Å². The van der Waals surface area contributed by atoms with Gasteiger partial charge in [-0.1, -0.05) is 83.1 Å². The van der Waals surface area contributed by atoms with Gasteiger partial charge in [-0.05, 0) is 64.1 Å². The van der Waals surface area contributed by atoms with E-state index in [1.54, 1.807) is 6.07 Å². The van der Waals surface area contributed by atoms with Crippen LogP contribution in [0.1, 0.15) is 57.0 Å². The molecule has 0 unspecified atom stereocenters. The number of carbonyl (C=O) groups excluding carboxylic acids is 1. The normalized spacial score (nSPS) is 12.6. The maximum atomic E-state index is 12.9. The molecule has 0 aliphatic carbocycles. The number of carboxylic acid groups (broad SMARTS) is 1. The van der Waals surface area contributed by atoms with Crippen molar-refractivity contribution in [2.75, 3.05) is 0 Å². The summed E-state index contributed by atoms with van der Waals surface area (Å²) in [5.74, 6) is -0.975. The molecule has 1 amide bonds. The van der Waals surface area contributed by atoms with Crippen LogP contribution in [0, 0.1) is 5.92 Å². The number of nitrogens with zero attached hydrogens (tertiary/aromatic N) is 1. The highest BCUT2D eigenvalue weighted by Crippen LogP contribution is 2.35. The van der Waals surface area contributed by atoms with E-state index in [1.807, 2.05) is 38.1 Å². The lowest BCUT2D eigenvalue weighted by Crippen LogP contribution is -2.41. The van der Waals surface area contributed by atoms with E-state index < -0.39 is 17.9 Å². The highest BCUT2D eigenvalue weighted by Gasteiger charge is 2.23. The lowest BCUT2D eigenvalue weighted by molar-refractivity contribution is -0.139. The Hall–Kier alpha value is -4.65. The Morgan fingerprint density at radius 3 is 2.29 bits per heavy atom. The third-order valence-electron chi connectivity index (χ3n) is 7.34. The predicted molar refractivity (Wildman–Crippen MR) is 163 cm³/mol. The number of nitrogens with one attached hydrogen (secondary N) is 2. The predicted octanol–water partition coefficient (Wildman–Crippen LogP) is 7.28. The Bertz CT molecular complexity index is 1760. The number of aromatic nitrogens is 2. The molecule has 210 valence electrons. The summed E-state index contributed by atoms with van der Waals surface area (Å²) in [6, 6.07) is 22.4. The Labute approximate surface area is 239 Å². The molecular formula is C34H35N3O4. The molecular weight excluding hydrogens is 514 g/mol. The van der Waals surface area contributed by atoms with E-state index in [0.717, 1.165) is 22.2 Å². The van der Waals surface area contributed by atoms with Crippen molar-refractivity contribution in [1.29, 1.82) is 0 Å². The third kappa shape index (κ3) is 5.80. The van der Waals surface area contributed by atoms with Gasteiger partial charge in [-0.3, -0.25) is 4.79 Å². The largest absolute Gasteiger partial charge is 0.507 e. The van der Waals surface area contributed by atoms with E-state index >= 15 is 0 Å². The van der Waals surface area contributed by atoms with Crippen molar-refractivity contribution < 1.29 is 19.8 Å². The number of phenols is 1. The van der Waals surface area contributed by atoms with Crippen LogP contribution in [0.4, 0.5) is 0 Å². The molecule has 7 nitrogen and oxygen atoms in total. The van der Waals surface area contributed by atoms with Gasteiger partial charge in [-0.15, -0.1) is 0 Å². The van der Waals surface area contributed by atoms with Crippen LogP contribution < -0.4 is 5.32 Å². The number of carboxylic acids is 1. The number of phenolic OH excluding ortho intramolecular Hbond substituents is 1. The van der Waals surface area contributed by atoms with Gasteiger partial charge in [-0.2, -0.15) is 0 Å².